The Kier molecular flexibility index (Phi) is 3.52. The van der Waals surface area contributed by atoms with Crippen LogP contribution in [0.1, 0.15) is 53.4 Å². The Labute approximate surface area is 110 Å². The van der Waals surface area contributed by atoms with Crippen LogP contribution >= 0.6 is 0 Å². The molecule has 0 aromatic heterocycles. The summed E-state index contributed by atoms with van der Waals surface area (Å²) in [7, 11) is 0. The first-order valence-corrected chi connectivity index (χ1v) is 7.02. The molecule has 4 unspecified atom stereocenters. The second-order valence-corrected chi connectivity index (χ2v) is 7.16. The Balaban J connectivity index is 2.18. The maximum atomic E-state index is 10.6. The molecule has 0 aromatic rings. The van der Waals surface area contributed by atoms with E-state index in [9.17, 15) is 15.3 Å². The van der Waals surface area contributed by atoms with Crippen LogP contribution in [-0.4, -0.2) is 55.7 Å². The Morgan fingerprint density at radius 2 is 1.56 bits per heavy atom. The van der Waals surface area contributed by atoms with Crippen molar-refractivity contribution in [2.75, 3.05) is 0 Å². The third kappa shape index (κ3) is 2.31. The lowest BCUT2D eigenvalue weighted by atomic mass is 9.78. The zero-order chi connectivity index (χ0) is 13.7. The first-order valence-electron chi connectivity index (χ1n) is 7.02. The van der Waals surface area contributed by atoms with Crippen molar-refractivity contribution in [2.45, 2.75) is 88.8 Å². The van der Waals surface area contributed by atoms with Gasteiger partial charge in [0.25, 0.3) is 0 Å². The molecule has 2 rings (SSSR count). The maximum absolute atomic E-state index is 10.6. The topological polar surface area (TPSA) is 63.9 Å². The quantitative estimate of drug-likeness (QED) is 0.687. The molecule has 2 fully saturated rings. The van der Waals surface area contributed by atoms with Gasteiger partial charge in [0.05, 0.1) is 11.7 Å². The summed E-state index contributed by atoms with van der Waals surface area (Å²) in [6.45, 7) is 8.15. The summed E-state index contributed by atoms with van der Waals surface area (Å²) in [5, 5.41) is 30.2. The predicted molar refractivity (Wildman–Crippen MR) is 70.3 cm³/mol. The number of hydrogen-bond donors (Lipinski definition) is 3. The van der Waals surface area contributed by atoms with Crippen LogP contribution in [0.25, 0.3) is 0 Å². The molecule has 0 aliphatic carbocycles. The molecule has 2 saturated heterocycles. The minimum Gasteiger partial charge on any atom is -0.391 e. The van der Waals surface area contributed by atoms with Crippen molar-refractivity contribution < 1.29 is 15.3 Å². The molecule has 5 atom stereocenters. The van der Waals surface area contributed by atoms with E-state index in [1.54, 1.807) is 6.92 Å². The molecule has 0 aromatic carbocycles. The van der Waals surface area contributed by atoms with Crippen molar-refractivity contribution in [2.24, 2.45) is 0 Å². The summed E-state index contributed by atoms with van der Waals surface area (Å²) in [4.78, 5) is 2.48. The number of hydrogen-bond acceptors (Lipinski definition) is 4. The zero-order valence-electron chi connectivity index (χ0n) is 11.9. The Bertz CT molecular complexity index is 297. The smallest absolute Gasteiger partial charge is 0.108 e. The Morgan fingerprint density at radius 3 is 1.89 bits per heavy atom. The van der Waals surface area contributed by atoms with Crippen molar-refractivity contribution in [3.63, 3.8) is 0 Å². The van der Waals surface area contributed by atoms with Gasteiger partial charge in [-0.2, -0.15) is 0 Å². The largest absolute Gasteiger partial charge is 0.391 e. The molecule has 2 heterocycles. The lowest BCUT2D eigenvalue weighted by Crippen LogP contribution is -2.62. The second-order valence-electron chi connectivity index (χ2n) is 7.16. The van der Waals surface area contributed by atoms with E-state index >= 15 is 0 Å². The first-order chi connectivity index (χ1) is 8.15. The van der Waals surface area contributed by atoms with Gasteiger partial charge in [0, 0.05) is 17.6 Å². The van der Waals surface area contributed by atoms with Gasteiger partial charge in [0.2, 0.25) is 0 Å². The van der Waals surface area contributed by atoms with Gasteiger partial charge in [-0.05, 0) is 53.4 Å². The standard InChI is InChI=1S/C14H27NO3/c1-9(16)12(17)14(18)7-10-5-6-11(8-14)15(10)13(2,3)4/h9-12,16-18H,5-8H2,1-4H3/t9?,10-,11?,12?,14?/m1/s1. The van der Waals surface area contributed by atoms with Crippen LogP contribution in [0, 0.1) is 0 Å². The van der Waals surface area contributed by atoms with E-state index in [1.165, 1.54) is 0 Å². The number of nitrogens with zero attached hydrogens (tertiary/aromatic N) is 1. The highest BCUT2D eigenvalue weighted by Crippen LogP contribution is 2.45. The average molecular weight is 257 g/mol. The normalized spacial score (nSPS) is 40.8. The molecule has 0 radical (unpaired) electrons. The van der Waals surface area contributed by atoms with Gasteiger partial charge in [-0.1, -0.05) is 0 Å². The molecule has 3 N–H and O–H groups in total. The first kappa shape index (κ1) is 14.3. The lowest BCUT2D eigenvalue weighted by molar-refractivity contribution is -0.165. The fraction of sp³-hybridized carbons (Fsp3) is 1.00. The highest BCUT2D eigenvalue weighted by Gasteiger charge is 2.53. The van der Waals surface area contributed by atoms with Gasteiger partial charge in [0.15, 0.2) is 0 Å². The molecule has 18 heavy (non-hydrogen) atoms. The number of aliphatic hydroxyl groups excluding tert-OH is 2. The van der Waals surface area contributed by atoms with Crippen LogP contribution in [-0.2, 0) is 0 Å². The highest BCUT2D eigenvalue weighted by molar-refractivity contribution is 5.08. The Hall–Kier alpha value is -0.160. The van der Waals surface area contributed by atoms with Crippen molar-refractivity contribution in [3.05, 3.63) is 0 Å². The SMILES string of the molecule is CC(O)C(O)C1(O)CC2CC[C@H](C1)N2C(C)(C)C. The van der Waals surface area contributed by atoms with Gasteiger partial charge in [-0.3, -0.25) is 4.90 Å². The molecule has 0 saturated carbocycles. The lowest BCUT2D eigenvalue weighted by Gasteiger charge is -2.51. The van der Waals surface area contributed by atoms with Gasteiger partial charge < -0.3 is 15.3 Å². The van der Waals surface area contributed by atoms with Crippen molar-refractivity contribution in [1.29, 1.82) is 0 Å². The van der Waals surface area contributed by atoms with E-state index in [0.717, 1.165) is 12.8 Å². The zero-order valence-corrected chi connectivity index (χ0v) is 11.9. The summed E-state index contributed by atoms with van der Waals surface area (Å²) in [6.07, 6.45) is 1.37. The fourth-order valence-electron chi connectivity index (χ4n) is 4.05. The second kappa shape index (κ2) is 4.44. The van der Waals surface area contributed by atoms with E-state index in [4.69, 9.17) is 0 Å². The van der Waals surface area contributed by atoms with E-state index < -0.39 is 17.8 Å². The predicted octanol–water partition coefficient (Wildman–Crippen LogP) is 0.884. The summed E-state index contributed by atoms with van der Waals surface area (Å²) in [6, 6.07) is 0.643. The van der Waals surface area contributed by atoms with Crippen LogP contribution in [0.4, 0.5) is 0 Å². The third-order valence-corrected chi connectivity index (χ3v) is 4.58. The minimum absolute atomic E-state index is 0.100. The van der Waals surface area contributed by atoms with Crippen LogP contribution in [0.3, 0.4) is 0 Å². The molecule has 2 aliphatic heterocycles. The molecule has 0 amide bonds. The average Bonchev–Trinajstić information content (AvgIpc) is 2.51. The van der Waals surface area contributed by atoms with E-state index in [0.29, 0.717) is 24.9 Å². The molecule has 2 bridgehead atoms. The summed E-state index contributed by atoms with van der Waals surface area (Å²) < 4.78 is 0. The van der Waals surface area contributed by atoms with Crippen molar-refractivity contribution in [1.82, 2.24) is 4.90 Å². The van der Waals surface area contributed by atoms with Crippen LogP contribution in [0.2, 0.25) is 0 Å². The summed E-state index contributed by atoms with van der Waals surface area (Å²) in [5.74, 6) is 0. The molecule has 4 nitrogen and oxygen atoms in total. The summed E-state index contributed by atoms with van der Waals surface area (Å²) >= 11 is 0. The van der Waals surface area contributed by atoms with E-state index in [-0.39, 0.29) is 5.54 Å². The van der Waals surface area contributed by atoms with Crippen LogP contribution in [0.15, 0.2) is 0 Å². The monoisotopic (exact) mass is 257 g/mol. The molecular formula is C14H27NO3. The van der Waals surface area contributed by atoms with Gasteiger partial charge in [0.1, 0.15) is 6.10 Å². The minimum atomic E-state index is -1.12. The number of piperidine rings is 1. The molecule has 4 heteroatoms. The molecule has 2 aliphatic rings. The Morgan fingerprint density at radius 1 is 1.11 bits per heavy atom. The van der Waals surface area contributed by atoms with Gasteiger partial charge in [-0.15, -0.1) is 0 Å². The number of fused-ring (bicyclic) bond motifs is 2. The number of aliphatic hydroxyl groups is 3. The third-order valence-electron chi connectivity index (χ3n) is 4.58. The maximum Gasteiger partial charge on any atom is 0.108 e. The molecule has 106 valence electrons. The van der Waals surface area contributed by atoms with Crippen LogP contribution < -0.4 is 0 Å². The van der Waals surface area contributed by atoms with E-state index in [2.05, 4.69) is 25.7 Å². The molecular weight excluding hydrogens is 230 g/mol. The summed E-state index contributed by atoms with van der Waals surface area (Å²) in [5.41, 5.74) is -1.02. The highest BCUT2D eigenvalue weighted by atomic mass is 16.4. The molecule has 0 spiro atoms. The van der Waals surface area contributed by atoms with Gasteiger partial charge in [-0.25, -0.2) is 0 Å². The van der Waals surface area contributed by atoms with Gasteiger partial charge >= 0.3 is 0 Å². The van der Waals surface area contributed by atoms with Crippen molar-refractivity contribution >= 4 is 0 Å². The van der Waals surface area contributed by atoms with E-state index in [1.807, 2.05) is 0 Å². The number of rotatable bonds is 2. The van der Waals surface area contributed by atoms with Crippen molar-refractivity contribution in [3.8, 4) is 0 Å². The van der Waals surface area contributed by atoms with Crippen LogP contribution in [0.5, 0.6) is 0 Å². The fourth-order valence-corrected chi connectivity index (χ4v) is 4.05.